The highest BCUT2D eigenvalue weighted by atomic mass is 16.1. The summed E-state index contributed by atoms with van der Waals surface area (Å²) in [5.41, 5.74) is 3.30. The lowest BCUT2D eigenvalue weighted by molar-refractivity contribution is 0.102. The van der Waals surface area contributed by atoms with Gasteiger partial charge in [-0.1, -0.05) is 30.3 Å². The van der Waals surface area contributed by atoms with Crippen molar-refractivity contribution >= 4 is 23.2 Å². The predicted molar refractivity (Wildman–Crippen MR) is 119 cm³/mol. The van der Waals surface area contributed by atoms with E-state index in [-0.39, 0.29) is 11.9 Å². The SMILES string of the molecule is CC(C)N(Cc1ccccc1)c1nccc(C(=O)Nc2ccc(N(C)C)cc2)n1. The smallest absolute Gasteiger partial charge is 0.274 e. The normalized spacial score (nSPS) is 10.7. The molecular weight excluding hydrogens is 362 g/mol. The van der Waals surface area contributed by atoms with E-state index in [1.54, 1.807) is 12.3 Å². The topological polar surface area (TPSA) is 61.4 Å². The highest BCUT2D eigenvalue weighted by Gasteiger charge is 2.17. The molecule has 0 unspecified atom stereocenters. The summed E-state index contributed by atoms with van der Waals surface area (Å²) in [6.07, 6.45) is 1.63. The molecule has 1 heterocycles. The number of benzene rings is 2. The Labute approximate surface area is 172 Å². The average molecular weight is 390 g/mol. The Morgan fingerprint density at radius 2 is 1.69 bits per heavy atom. The van der Waals surface area contributed by atoms with Crippen molar-refractivity contribution in [1.82, 2.24) is 9.97 Å². The van der Waals surface area contributed by atoms with Crippen LogP contribution in [-0.4, -0.2) is 36.0 Å². The van der Waals surface area contributed by atoms with Crippen LogP contribution in [0.2, 0.25) is 0 Å². The molecule has 1 aromatic heterocycles. The van der Waals surface area contributed by atoms with Crippen LogP contribution in [-0.2, 0) is 6.54 Å². The highest BCUT2D eigenvalue weighted by Crippen LogP contribution is 2.18. The molecule has 0 spiro atoms. The van der Waals surface area contributed by atoms with Crippen LogP contribution in [0.15, 0.2) is 66.9 Å². The molecule has 1 amide bonds. The predicted octanol–water partition coefficient (Wildman–Crippen LogP) is 4.21. The van der Waals surface area contributed by atoms with E-state index in [1.165, 1.54) is 5.56 Å². The first-order valence-corrected chi connectivity index (χ1v) is 9.66. The summed E-state index contributed by atoms with van der Waals surface area (Å²) in [4.78, 5) is 25.7. The zero-order valence-corrected chi connectivity index (χ0v) is 17.3. The Hall–Kier alpha value is -3.41. The minimum Gasteiger partial charge on any atom is -0.378 e. The van der Waals surface area contributed by atoms with Crippen LogP contribution in [0.5, 0.6) is 0 Å². The fourth-order valence-electron chi connectivity index (χ4n) is 2.92. The van der Waals surface area contributed by atoms with Crippen molar-refractivity contribution in [3.8, 4) is 0 Å². The van der Waals surface area contributed by atoms with Crippen molar-refractivity contribution in [2.24, 2.45) is 0 Å². The van der Waals surface area contributed by atoms with Crippen molar-refractivity contribution in [3.05, 3.63) is 78.1 Å². The first kappa shape index (κ1) is 20.3. The first-order valence-electron chi connectivity index (χ1n) is 9.66. The number of aromatic nitrogens is 2. The third-order valence-electron chi connectivity index (χ3n) is 4.59. The summed E-state index contributed by atoms with van der Waals surface area (Å²) in [7, 11) is 3.96. The minimum absolute atomic E-state index is 0.187. The van der Waals surface area contributed by atoms with E-state index in [4.69, 9.17) is 0 Å². The lowest BCUT2D eigenvalue weighted by atomic mass is 10.2. The number of hydrogen-bond donors (Lipinski definition) is 1. The molecule has 6 nitrogen and oxygen atoms in total. The van der Waals surface area contributed by atoms with E-state index in [1.807, 2.05) is 61.5 Å². The van der Waals surface area contributed by atoms with Gasteiger partial charge < -0.3 is 15.1 Å². The molecule has 0 saturated heterocycles. The maximum absolute atomic E-state index is 12.7. The number of rotatable bonds is 7. The molecule has 3 rings (SSSR count). The van der Waals surface area contributed by atoms with E-state index in [2.05, 4.69) is 46.2 Å². The van der Waals surface area contributed by atoms with E-state index < -0.39 is 0 Å². The van der Waals surface area contributed by atoms with Crippen molar-refractivity contribution in [2.45, 2.75) is 26.4 Å². The first-order chi connectivity index (χ1) is 13.9. The summed E-state index contributed by atoms with van der Waals surface area (Å²) in [5, 5.41) is 2.90. The van der Waals surface area contributed by atoms with Gasteiger partial charge in [0.05, 0.1) is 0 Å². The zero-order valence-electron chi connectivity index (χ0n) is 17.3. The molecule has 0 aliphatic rings. The van der Waals surface area contributed by atoms with Crippen molar-refractivity contribution in [1.29, 1.82) is 0 Å². The lowest BCUT2D eigenvalue weighted by Crippen LogP contribution is -2.32. The van der Waals surface area contributed by atoms with Crippen LogP contribution in [0, 0.1) is 0 Å². The van der Waals surface area contributed by atoms with Gasteiger partial charge in [-0.15, -0.1) is 0 Å². The number of amides is 1. The number of carbonyl (C=O) groups excluding carboxylic acids is 1. The van der Waals surface area contributed by atoms with Gasteiger partial charge in [0, 0.05) is 44.3 Å². The van der Waals surface area contributed by atoms with E-state index >= 15 is 0 Å². The van der Waals surface area contributed by atoms with Gasteiger partial charge in [-0.05, 0) is 49.7 Å². The van der Waals surface area contributed by atoms with Gasteiger partial charge in [-0.2, -0.15) is 0 Å². The molecule has 0 saturated carbocycles. The number of nitrogens with zero attached hydrogens (tertiary/aromatic N) is 4. The summed E-state index contributed by atoms with van der Waals surface area (Å²) >= 11 is 0. The van der Waals surface area contributed by atoms with Crippen molar-refractivity contribution in [2.75, 3.05) is 29.2 Å². The van der Waals surface area contributed by atoms with Crippen LogP contribution in [0.4, 0.5) is 17.3 Å². The maximum atomic E-state index is 12.7. The van der Waals surface area contributed by atoms with Crippen LogP contribution in [0.3, 0.4) is 0 Å². The number of carbonyl (C=O) groups is 1. The Morgan fingerprint density at radius 1 is 1.00 bits per heavy atom. The Balaban J connectivity index is 1.77. The van der Waals surface area contributed by atoms with Gasteiger partial charge in [-0.25, -0.2) is 9.97 Å². The molecular formula is C23H27N5O. The second-order valence-electron chi connectivity index (χ2n) is 7.34. The van der Waals surface area contributed by atoms with Gasteiger partial charge in [0.15, 0.2) is 0 Å². The van der Waals surface area contributed by atoms with Crippen LogP contribution in [0.25, 0.3) is 0 Å². The molecule has 0 aliphatic heterocycles. The Morgan fingerprint density at radius 3 is 2.31 bits per heavy atom. The van der Waals surface area contributed by atoms with Crippen molar-refractivity contribution in [3.63, 3.8) is 0 Å². The standard InChI is InChI=1S/C23H27N5O/c1-17(2)28(16-18-8-6-5-7-9-18)23-24-15-14-21(26-23)22(29)25-19-10-12-20(13-11-19)27(3)4/h5-15,17H,16H2,1-4H3,(H,25,29). The average Bonchev–Trinajstić information content (AvgIpc) is 2.73. The molecule has 3 aromatic rings. The summed E-state index contributed by atoms with van der Waals surface area (Å²) in [6, 6.07) is 19.7. The molecule has 0 aliphatic carbocycles. The molecule has 150 valence electrons. The molecule has 1 N–H and O–H groups in total. The molecule has 2 aromatic carbocycles. The Kier molecular flexibility index (Phi) is 6.44. The maximum Gasteiger partial charge on any atom is 0.274 e. The van der Waals surface area contributed by atoms with Gasteiger partial charge >= 0.3 is 0 Å². The molecule has 0 fully saturated rings. The van der Waals surface area contributed by atoms with E-state index in [9.17, 15) is 4.79 Å². The monoisotopic (exact) mass is 389 g/mol. The summed E-state index contributed by atoms with van der Waals surface area (Å²) in [6.45, 7) is 4.85. The number of hydrogen-bond acceptors (Lipinski definition) is 5. The second kappa shape index (κ2) is 9.19. The van der Waals surface area contributed by atoms with E-state index in [0.29, 0.717) is 18.2 Å². The minimum atomic E-state index is -0.255. The highest BCUT2D eigenvalue weighted by molar-refractivity contribution is 6.03. The van der Waals surface area contributed by atoms with Gasteiger partial charge in [0.1, 0.15) is 5.69 Å². The van der Waals surface area contributed by atoms with Gasteiger partial charge in [0.2, 0.25) is 5.95 Å². The quantitative estimate of drug-likeness (QED) is 0.656. The third-order valence-corrected chi connectivity index (χ3v) is 4.59. The number of anilines is 3. The third kappa shape index (κ3) is 5.31. The largest absolute Gasteiger partial charge is 0.378 e. The molecule has 29 heavy (non-hydrogen) atoms. The lowest BCUT2D eigenvalue weighted by Gasteiger charge is -2.27. The van der Waals surface area contributed by atoms with Crippen molar-refractivity contribution < 1.29 is 4.79 Å². The molecule has 0 bridgehead atoms. The van der Waals surface area contributed by atoms with E-state index in [0.717, 1.165) is 11.4 Å². The molecule has 6 heteroatoms. The Bertz CT molecular complexity index is 939. The fraction of sp³-hybridized carbons (Fsp3) is 0.261. The summed E-state index contributed by atoms with van der Waals surface area (Å²) in [5.74, 6) is 0.286. The second-order valence-corrected chi connectivity index (χ2v) is 7.34. The van der Waals surface area contributed by atoms with Crippen LogP contribution < -0.4 is 15.1 Å². The van der Waals surface area contributed by atoms with Gasteiger partial charge in [-0.3, -0.25) is 4.79 Å². The summed E-state index contributed by atoms with van der Waals surface area (Å²) < 4.78 is 0. The van der Waals surface area contributed by atoms with Crippen LogP contribution in [0.1, 0.15) is 29.9 Å². The van der Waals surface area contributed by atoms with Gasteiger partial charge in [0.25, 0.3) is 5.91 Å². The van der Waals surface area contributed by atoms with Crippen LogP contribution >= 0.6 is 0 Å². The fourth-order valence-corrected chi connectivity index (χ4v) is 2.92. The zero-order chi connectivity index (χ0) is 20.8. The molecule has 0 atom stereocenters. The molecule has 0 radical (unpaired) electrons. The number of nitrogens with one attached hydrogen (secondary N) is 1.